The molecule has 0 spiro atoms. The molecular weight excluding hydrogens is 452 g/mol. The number of nitrogens with one attached hydrogen (secondary N) is 1. The fraction of sp³-hybridized carbons (Fsp3) is 0.238. The van der Waals surface area contributed by atoms with Crippen LogP contribution in [0.25, 0.3) is 0 Å². The van der Waals surface area contributed by atoms with Crippen LogP contribution in [-0.4, -0.2) is 32.2 Å². The quantitative estimate of drug-likeness (QED) is 0.385. The number of carbonyl (C=O) groups is 2. The van der Waals surface area contributed by atoms with E-state index < -0.39 is 0 Å². The molecule has 8 heteroatoms. The molecule has 1 aromatic heterocycles. The van der Waals surface area contributed by atoms with Gasteiger partial charge >= 0.3 is 0 Å². The summed E-state index contributed by atoms with van der Waals surface area (Å²) in [5.74, 6) is 0.711. The van der Waals surface area contributed by atoms with Gasteiger partial charge in [-0.2, -0.15) is 0 Å². The topological polar surface area (TPSA) is 76.9 Å². The molecule has 0 aliphatic rings. The molecule has 29 heavy (non-hydrogen) atoms. The third-order valence-corrected chi connectivity index (χ3v) is 5.84. The van der Waals surface area contributed by atoms with Gasteiger partial charge in [-0.15, -0.1) is 10.2 Å². The second kappa shape index (κ2) is 9.84. The van der Waals surface area contributed by atoms with Gasteiger partial charge in [0.1, 0.15) is 5.82 Å². The number of amides is 1. The lowest BCUT2D eigenvalue weighted by atomic mass is 10.2. The maximum Gasteiger partial charge on any atom is 0.232 e. The minimum Gasteiger partial charge on any atom is -0.325 e. The number of hydrogen-bond acceptors (Lipinski definition) is 5. The Hall–Kier alpha value is -2.45. The van der Waals surface area contributed by atoms with E-state index >= 15 is 0 Å². The van der Waals surface area contributed by atoms with Crippen LogP contribution in [-0.2, 0) is 17.8 Å². The lowest BCUT2D eigenvalue weighted by molar-refractivity contribution is -0.115. The highest BCUT2D eigenvalue weighted by Gasteiger charge is 2.17. The Morgan fingerprint density at radius 3 is 2.52 bits per heavy atom. The molecule has 1 N–H and O–H groups in total. The van der Waals surface area contributed by atoms with Crippen molar-refractivity contribution in [3.63, 3.8) is 0 Å². The van der Waals surface area contributed by atoms with Gasteiger partial charge in [0.2, 0.25) is 5.91 Å². The van der Waals surface area contributed by atoms with Crippen LogP contribution >= 0.6 is 27.7 Å². The van der Waals surface area contributed by atoms with Crippen molar-refractivity contribution >= 4 is 45.1 Å². The highest BCUT2D eigenvalue weighted by Crippen LogP contribution is 2.20. The van der Waals surface area contributed by atoms with Crippen molar-refractivity contribution in [3.8, 4) is 0 Å². The molecule has 1 amide bonds. The molecule has 0 unspecified atom stereocenters. The molecule has 0 aliphatic heterocycles. The minimum atomic E-state index is -0.149. The highest BCUT2D eigenvalue weighted by molar-refractivity contribution is 9.10. The number of thioether (sulfide) groups is 1. The Labute approximate surface area is 182 Å². The molecule has 150 valence electrons. The largest absolute Gasteiger partial charge is 0.325 e. The van der Waals surface area contributed by atoms with Crippen LogP contribution in [0.2, 0.25) is 0 Å². The predicted molar refractivity (Wildman–Crippen MR) is 118 cm³/mol. The minimum absolute atomic E-state index is 0.0204. The Balaban J connectivity index is 1.63. The molecule has 0 radical (unpaired) electrons. The maximum absolute atomic E-state index is 12.4. The van der Waals surface area contributed by atoms with Crippen molar-refractivity contribution < 1.29 is 9.59 Å². The van der Waals surface area contributed by atoms with Gasteiger partial charge in [0.15, 0.2) is 10.9 Å². The van der Waals surface area contributed by atoms with Crippen molar-refractivity contribution in [2.45, 2.75) is 32.0 Å². The smallest absolute Gasteiger partial charge is 0.232 e. The van der Waals surface area contributed by atoms with Crippen molar-refractivity contribution in [1.29, 1.82) is 0 Å². The molecule has 0 saturated carbocycles. The molecule has 3 aromatic rings. The summed E-state index contributed by atoms with van der Waals surface area (Å²) in [6, 6.07) is 14.9. The van der Waals surface area contributed by atoms with E-state index in [1.165, 1.54) is 11.8 Å². The van der Waals surface area contributed by atoms with Crippen LogP contribution in [0.1, 0.15) is 28.7 Å². The molecule has 0 bridgehead atoms. The number of Topliss-reactive ketones (excluding diaryl/α,β-unsaturated/α-hetero) is 1. The van der Waals surface area contributed by atoms with Gasteiger partial charge in [-0.05, 0) is 37.6 Å². The Morgan fingerprint density at radius 1 is 1.10 bits per heavy atom. The molecule has 0 aliphatic carbocycles. The maximum atomic E-state index is 12.4. The van der Waals surface area contributed by atoms with E-state index in [1.54, 1.807) is 12.1 Å². The number of hydrogen-bond donors (Lipinski definition) is 1. The van der Waals surface area contributed by atoms with Crippen LogP contribution < -0.4 is 5.32 Å². The van der Waals surface area contributed by atoms with Gasteiger partial charge in [-0.3, -0.25) is 9.59 Å². The summed E-state index contributed by atoms with van der Waals surface area (Å²) in [5, 5.41) is 11.9. The lowest BCUT2D eigenvalue weighted by Gasteiger charge is -2.09. The second-order valence-corrected chi connectivity index (χ2v) is 8.26. The van der Waals surface area contributed by atoms with E-state index in [4.69, 9.17) is 0 Å². The first kappa shape index (κ1) is 21.3. The van der Waals surface area contributed by atoms with Gasteiger partial charge in [0.25, 0.3) is 0 Å². The third kappa shape index (κ3) is 5.55. The molecule has 1 heterocycles. The predicted octanol–water partition coefficient (Wildman–Crippen LogP) is 4.53. The Bertz CT molecular complexity index is 1020. The molecule has 6 nitrogen and oxygen atoms in total. The fourth-order valence-electron chi connectivity index (χ4n) is 2.77. The summed E-state index contributed by atoms with van der Waals surface area (Å²) in [6.45, 7) is 4.53. The summed E-state index contributed by atoms with van der Waals surface area (Å²) >= 11 is 4.69. The molecule has 0 atom stereocenters. The molecule has 0 fully saturated rings. The average Bonchev–Trinajstić information content (AvgIpc) is 3.09. The van der Waals surface area contributed by atoms with Gasteiger partial charge < -0.3 is 9.88 Å². The normalized spacial score (nSPS) is 10.7. The number of anilines is 1. The van der Waals surface area contributed by atoms with Crippen molar-refractivity contribution in [1.82, 2.24) is 14.8 Å². The Kier molecular flexibility index (Phi) is 7.22. The van der Waals surface area contributed by atoms with Crippen LogP contribution in [0.15, 0.2) is 58.2 Å². The van der Waals surface area contributed by atoms with E-state index in [1.807, 2.05) is 54.8 Å². The Morgan fingerprint density at radius 2 is 1.83 bits per heavy atom. The number of rotatable bonds is 8. The monoisotopic (exact) mass is 472 g/mol. The first-order valence-corrected chi connectivity index (χ1v) is 10.9. The van der Waals surface area contributed by atoms with E-state index in [0.29, 0.717) is 23.1 Å². The van der Waals surface area contributed by atoms with Crippen LogP contribution in [0.4, 0.5) is 5.69 Å². The van der Waals surface area contributed by atoms with E-state index in [9.17, 15) is 9.59 Å². The first-order valence-electron chi connectivity index (χ1n) is 9.17. The van der Waals surface area contributed by atoms with Gasteiger partial charge in [0, 0.05) is 22.3 Å². The molecular formula is C21H21BrN4O2S. The van der Waals surface area contributed by atoms with E-state index in [0.717, 1.165) is 15.7 Å². The van der Waals surface area contributed by atoms with E-state index in [2.05, 4.69) is 31.4 Å². The summed E-state index contributed by atoms with van der Waals surface area (Å²) in [5.41, 5.74) is 2.44. The number of para-hydroxylation sites is 1. The zero-order chi connectivity index (χ0) is 20.8. The summed E-state index contributed by atoms with van der Waals surface area (Å²) in [7, 11) is 0. The van der Waals surface area contributed by atoms with Gasteiger partial charge in [-0.1, -0.05) is 58.0 Å². The standard InChI is InChI=1S/C21H21BrN4O2S/c1-3-26-19(12-20(28)23-17-7-5-4-6-14(17)2)24-25-21(26)29-13-18(27)15-8-10-16(22)11-9-15/h4-11H,3,12-13H2,1-2H3,(H,23,28). The highest BCUT2D eigenvalue weighted by atomic mass is 79.9. The van der Waals surface area contributed by atoms with Crippen molar-refractivity contribution in [3.05, 3.63) is 70.0 Å². The van der Waals surface area contributed by atoms with Crippen molar-refractivity contribution in [2.75, 3.05) is 11.1 Å². The van der Waals surface area contributed by atoms with Gasteiger partial charge in [-0.25, -0.2) is 0 Å². The fourth-order valence-corrected chi connectivity index (χ4v) is 3.95. The second-order valence-electron chi connectivity index (χ2n) is 6.40. The number of ketones is 1. The number of nitrogens with zero attached hydrogens (tertiary/aromatic N) is 3. The SMILES string of the molecule is CCn1c(CC(=O)Nc2ccccc2C)nnc1SCC(=O)c1ccc(Br)cc1. The first-order chi connectivity index (χ1) is 14.0. The van der Waals surface area contributed by atoms with Gasteiger partial charge in [0.05, 0.1) is 12.2 Å². The lowest BCUT2D eigenvalue weighted by Crippen LogP contribution is -2.18. The molecule has 0 saturated heterocycles. The molecule has 2 aromatic carbocycles. The average molecular weight is 473 g/mol. The summed E-state index contributed by atoms with van der Waals surface area (Å²) < 4.78 is 2.80. The van der Waals surface area contributed by atoms with Crippen LogP contribution in [0, 0.1) is 6.92 Å². The zero-order valence-electron chi connectivity index (χ0n) is 16.2. The number of halogens is 1. The third-order valence-electron chi connectivity index (χ3n) is 4.35. The van der Waals surface area contributed by atoms with Crippen molar-refractivity contribution in [2.24, 2.45) is 0 Å². The van der Waals surface area contributed by atoms with E-state index in [-0.39, 0.29) is 23.9 Å². The number of carbonyl (C=O) groups excluding carboxylic acids is 2. The summed E-state index contributed by atoms with van der Waals surface area (Å²) in [4.78, 5) is 24.8. The number of aromatic nitrogens is 3. The number of benzene rings is 2. The molecule has 3 rings (SSSR count). The number of aryl methyl sites for hydroxylation is 1. The van der Waals surface area contributed by atoms with Crippen LogP contribution in [0.5, 0.6) is 0 Å². The zero-order valence-corrected chi connectivity index (χ0v) is 18.6. The van der Waals surface area contributed by atoms with Crippen LogP contribution in [0.3, 0.4) is 0 Å². The summed E-state index contributed by atoms with van der Waals surface area (Å²) in [6.07, 6.45) is 0.121.